The molecule has 1 aliphatic heterocycles. The van der Waals surface area contributed by atoms with Gasteiger partial charge in [-0.15, -0.1) is 0 Å². The van der Waals surface area contributed by atoms with Crippen LogP contribution >= 0.6 is 0 Å². The number of nitrogens with one attached hydrogen (secondary N) is 1. The zero-order valence-electron chi connectivity index (χ0n) is 19.2. The Bertz CT molecular complexity index is 1370. The summed E-state index contributed by atoms with van der Waals surface area (Å²) in [6, 6.07) is 7.81. The Labute approximate surface area is 195 Å². The Balaban J connectivity index is 1.60. The number of anilines is 2. The highest BCUT2D eigenvalue weighted by Crippen LogP contribution is 2.49. The van der Waals surface area contributed by atoms with Crippen molar-refractivity contribution in [1.29, 1.82) is 0 Å². The van der Waals surface area contributed by atoms with E-state index >= 15 is 0 Å². The van der Waals surface area contributed by atoms with Crippen molar-refractivity contribution in [3.8, 4) is 0 Å². The number of benzene rings is 1. The maximum absolute atomic E-state index is 14.1. The number of alkyl halides is 2. The van der Waals surface area contributed by atoms with Gasteiger partial charge < -0.3 is 15.3 Å². The normalized spacial score (nSPS) is 21.7. The summed E-state index contributed by atoms with van der Waals surface area (Å²) < 4.78 is 29.7. The van der Waals surface area contributed by atoms with Gasteiger partial charge in [0.1, 0.15) is 11.5 Å². The summed E-state index contributed by atoms with van der Waals surface area (Å²) in [6.45, 7) is 5.62. The molecule has 2 fully saturated rings. The number of para-hydroxylation sites is 1. The van der Waals surface area contributed by atoms with Crippen molar-refractivity contribution in [2.24, 2.45) is 5.92 Å². The molecule has 0 radical (unpaired) electrons. The molecule has 1 aliphatic carbocycles. The van der Waals surface area contributed by atoms with Crippen LogP contribution in [0.3, 0.4) is 0 Å². The van der Waals surface area contributed by atoms with Gasteiger partial charge in [-0.05, 0) is 51.0 Å². The van der Waals surface area contributed by atoms with E-state index in [4.69, 9.17) is 4.98 Å². The summed E-state index contributed by atoms with van der Waals surface area (Å²) in [4.78, 5) is 31.6. The Morgan fingerprint density at radius 1 is 1.29 bits per heavy atom. The van der Waals surface area contributed by atoms with E-state index in [-0.39, 0.29) is 36.2 Å². The van der Waals surface area contributed by atoms with Crippen LogP contribution in [0.5, 0.6) is 0 Å². The Hall–Kier alpha value is -3.49. The summed E-state index contributed by atoms with van der Waals surface area (Å²) in [6.07, 6.45) is 1.90. The third-order valence-corrected chi connectivity index (χ3v) is 7.08. The number of hydrogen-bond donors (Lipinski definition) is 2. The third-order valence-electron chi connectivity index (χ3n) is 7.08. The van der Waals surface area contributed by atoms with Crippen molar-refractivity contribution in [3.63, 3.8) is 0 Å². The lowest BCUT2D eigenvalue weighted by Gasteiger charge is -2.33. The number of halogens is 2. The van der Waals surface area contributed by atoms with Crippen LogP contribution in [-0.2, 0) is 0 Å². The Morgan fingerprint density at radius 2 is 2.03 bits per heavy atom. The molecule has 2 aromatic heterocycles. The summed E-state index contributed by atoms with van der Waals surface area (Å²) in [5, 5.41) is 12.8. The van der Waals surface area contributed by atoms with Gasteiger partial charge in [0, 0.05) is 42.4 Å². The van der Waals surface area contributed by atoms with E-state index in [0.717, 1.165) is 5.56 Å². The molecule has 2 N–H and O–H groups in total. The number of rotatable bonds is 5. The molecule has 34 heavy (non-hydrogen) atoms. The van der Waals surface area contributed by atoms with Crippen molar-refractivity contribution in [2.75, 3.05) is 16.8 Å². The van der Waals surface area contributed by atoms with E-state index in [1.54, 1.807) is 31.3 Å². The topological polar surface area (TPSA) is 86.9 Å². The van der Waals surface area contributed by atoms with Crippen LogP contribution in [0.2, 0.25) is 0 Å². The molecule has 5 rings (SSSR count). The van der Waals surface area contributed by atoms with E-state index < -0.39 is 17.8 Å². The molecular weight excluding hydrogens is 442 g/mol. The van der Waals surface area contributed by atoms with Crippen LogP contribution in [0.1, 0.15) is 52.9 Å². The monoisotopic (exact) mass is 468 g/mol. The maximum Gasteiger partial charge on any atom is 0.337 e. The van der Waals surface area contributed by atoms with Crippen molar-refractivity contribution < 1.29 is 18.7 Å². The van der Waals surface area contributed by atoms with Gasteiger partial charge >= 0.3 is 5.97 Å². The minimum absolute atomic E-state index is 0.141. The number of aromatic nitrogens is 2. The molecule has 3 heterocycles. The quantitative estimate of drug-likeness (QED) is 0.577. The zero-order valence-corrected chi connectivity index (χ0v) is 19.2. The number of carbonyl (C=O) groups is 1. The van der Waals surface area contributed by atoms with E-state index in [0.29, 0.717) is 34.7 Å². The van der Waals surface area contributed by atoms with Crippen LogP contribution in [0.25, 0.3) is 5.65 Å². The summed E-state index contributed by atoms with van der Waals surface area (Å²) >= 11 is 0. The fourth-order valence-corrected chi connectivity index (χ4v) is 5.35. The molecule has 2 bridgehead atoms. The second-order valence-electron chi connectivity index (χ2n) is 9.45. The van der Waals surface area contributed by atoms with Crippen LogP contribution in [0, 0.1) is 19.8 Å². The second-order valence-corrected chi connectivity index (χ2v) is 9.45. The van der Waals surface area contributed by atoms with Gasteiger partial charge in [0.05, 0.1) is 17.2 Å². The molecule has 7 nitrogen and oxygen atoms in total. The van der Waals surface area contributed by atoms with Gasteiger partial charge in [-0.25, -0.2) is 18.6 Å². The molecule has 1 saturated heterocycles. The first-order chi connectivity index (χ1) is 16.1. The summed E-state index contributed by atoms with van der Waals surface area (Å²) in [5.74, 6) is -3.98. The number of fused-ring (bicyclic) bond motifs is 3. The van der Waals surface area contributed by atoms with Crippen molar-refractivity contribution >= 4 is 23.1 Å². The first-order valence-electron chi connectivity index (χ1n) is 11.3. The summed E-state index contributed by atoms with van der Waals surface area (Å²) in [5.41, 5.74) is 2.78. The van der Waals surface area contributed by atoms with Crippen LogP contribution in [0.4, 0.5) is 20.3 Å². The van der Waals surface area contributed by atoms with Gasteiger partial charge in [0.15, 0.2) is 0 Å². The molecule has 1 aromatic carbocycles. The van der Waals surface area contributed by atoms with Crippen molar-refractivity contribution in [1.82, 2.24) is 9.38 Å². The molecule has 178 valence electrons. The number of carboxylic acid groups (broad SMARTS) is 1. The van der Waals surface area contributed by atoms with Crippen molar-refractivity contribution in [3.05, 3.63) is 69.1 Å². The Kier molecular flexibility index (Phi) is 5.11. The van der Waals surface area contributed by atoms with E-state index in [1.807, 2.05) is 24.8 Å². The second kappa shape index (κ2) is 7.78. The number of nitrogens with zero attached hydrogens (tertiary/aromatic N) is 3. The van der Waals surface area contributed by atoms with Crippen LogP contribution in [0.15, 0.2) is 41.3 Å². The Morgan fingerprint density at radius 3 is 2.68 bits per heavy atom. The predicted octanol–water partition coefficient (Wildman–Crippen LogP) is 4.42. The molecule has 3 atom stereocenters. The average Bonchev–Trinajstić information content (AvgIpc) is 3.32. The van der Waals surface area contributed by atoms with Gasteiger partial charge in [-0.3, -0.25) is 9.20 Å². The number of aryl methyl sites for hydroxylation is 1. The molecule has 0 unspecified atom stereocenters. The van der Waals surface area contributed by atoms with E-state index in [1.165, 1.54) is 10.5 Å². The highest BCUT2D eigenvalue weighted by molar-refractivity contribution is 5.94. The molecular formula is C25H26F2N4O3. The fraction of sp³-hybridized carbons (Fsp3) is 0.400. The van der Waals surface area contributed by atoms with Gasteiger partial charge in [0.2, 0.25) is 0 Å². The SMILES string of the molecule is Cc1cc([C@@H](C)Nc2ccccc2C(=O)O)c2nc(N3C[C@@H]4C[C@H]3CC4(F)F)c(C)c(=O)n2c1. The highest BCUT2D eigenvalue weighted by atomic mass is 19.3. The zero-order chi connectivity index (χ0) is 24.4. The molecule has 9 heteroatoms. The highest BCUT2D eigenvalue weighted by Gasteiger charge is 2.56. The van der Waals surface area contributed by atoms with Gasteiger partial charge in [0.25, 0.3) is 11.5 Å². The molecule has 0 spiro atoms. The van der Waals surface area contributed by atoms with Crippen LogP contribution < -0.4 is 15.8 Å². The first-order valence-corrected chi connectivity index (χ1v) is 11.3. The van der Waals surface area contributed by atoms with E-state index in [9.17, 15) is 23.5 Å². The number of carboxylic acids is 1. The standard InChI is InChI=1S/C25H26F2N4O3/c1-13-8-19(15(3)28-20-7-5-4-6-18(20)24(33)34)22-29-21(14(2)23(32)31(22)11-13)30-12-16-9-17(30)10-25(16,26)27/h4-8,11,15-17,28H,9-10,12H2,1-3H3,(H,33,34)/t15-,16+,17+/m1/s1. The number of pyridine rings is 1. The number of hydrogen-bond acceptors (Lipinski definition) is 5. The van der Waals surface area contributed by atoms with E-state index in [2.05, 4.69) is 5.32 Å². The summed E-state index contributed by atoms with van der Waals surface area (Å²) in [7, 11) is 0. The average molecular weight is 469 g/mol. The molecule has 3 aromatic rings. The lowest BCUT2D eigenvalue weighted by molar-refractivity contribution is -0.0411. The minimum atomic E-state index is -2.67. The van der Waals surface area contributed by atoms with Crippen LogP contribution in [-0.4, -0.2) is 39.0 Å². The third kappa shape index (κ3) is 3.50. The molecule has 1 saturated carbocycles. The maximum atomic E-state index is 14.1. The predicted molar refractivity (Wildman–Crippen MR) is 125 cm³/mol. The van der Waals surface area contributed by atoms with Gasteiger partial charge in [-0.2, -0.15) is 0 Å². The fourth-order valence-electron chi connectivity index (χ4n) is 5.35. The van der Waals surface area contributed by atoms with Gasteiger partial charge in [-0.1, -0.05) is 12.1 Å². The molecule has 2 aliphatic rings. The first kappa shape index (κ1) is 22.3. The largest absolute Gasteiger partial charge is 0.478 e. The number of aromatic carboxylic acids is 1. The smallest absolute Gasteiger partial charge is 0.337 e. The minimum Gasteiger partial charge on any atom is -0.478 e. The molecule has 0 amide bonds. The lowest BCUT2D eigenvalue weighted by Crippen LogP contribution is -2.42. The number of piperidine rings is 1. The van der Waals surface area contributed by atoms with Crippen molar-refractivity contribution in [2.45, 2.75) is 51.6 Å². The lowest BCUT2D eigenvalue weighted by atomic mass is 10.0.